The van der Waals surface area contributed by atoms with Gasteiger partial charge in [0, 0.05) is 23.2 Å². The molecule has 0 saturated carbocycles. The molecule has 138 valence electrons. The first-order valence-corrected chi connectivity index (χ1v) is 8.54. The third-order valence-corrected chi connectivity index (χ3v) is 4.70. The molecule has 1 aliphatic heterocycles. The zero-order valence-electron chi connectivity index (χ0n) is 15.6. The average Bonchev–Trinajstić information content (AvgIpc) is 2.64. The summed E-state index contributed by atoms with van der Waals surface area (Å²) in [7, 11) is 1.33. The number of benzene rings is 1. The standard InChI is InChI=1S/C21H19ClN2O3/c1-6-19(15-8-7-9-18(22)14(15)4)27-12(2)10-16-13(3)17(11-23)21(26)24(5)20(16)25/h6-10H,2H2,1,3-5H3/b16-10+,19-6-. The number of rotatable bonds is 4. The molecule has 2 amide bonds. The lowest BCUT2D eigenvalue weighted by Gasteiger charge is -2.24. The van der Waals surface area contributed by atoms with Crippen LogP contribution in [-0.4, -0.2) is 23.8 Å². The molecule has 0 aliphatic carbocycles. The molecule has 0 aromatic heterocycles. The van der Waals surface area contributed by atoms with Crippen LogP contribution in [0.1, 0.15) is 25.0 Å². The van der Waals surface area contributed by atoms with Gasteiger partial charge >= 0.3 is 0 Å². The molecule has 1 aromatic carbocycles. The Morgan fingerprint density at radius 1 is 1.30 bits per heavy atom. The number of nitriles is 1. The average molecular weight is 383 g/mol. The van der Waals surface area contributed by atoms with Gasteiger partial charge in [-0.3, -0.25) is 14.5 Å². The van der Waals surface area contributed by atoms with Crippen LogP contribution in [0.4, 0.5) is 0 Å². The number of carbonyl (C=O) groups excluding carboxylic acids is 2. The van der Waals surface area contributed by atoms with E-state index in [2.05, 4.69) is 6.58 Å². The highest BCUT2D eigenvalue weighted by molar-refractivity contribution is 6.31. The zero-order chi connectivity index (χ0) is 20.3. The predicted octanol–water partition coefficient (Wildman–Crippen LogP) is 4.30. The van der Waals surface area contributed by atoms with Gasteiger partial charge in [-0.05, 0) is 50.1 Å². The Labute approximate surface area is 163 Å². The van der Waals surface area contributed by atoms with Crippen LogP contribution >= 0.6 is 11.6 Å². The Morgan fingerprint density at radius 3 is 2.56 bits per heavy atom. The number of amides is 2. The molecule has 6 heteroatoms. The predicted molar refractivity (Wildman–Crippen MR) is 104 cm³/mol. The maximum Gasteiger partial charge on any atom is 0.271 e. The van der Waals surface area contributed by atoms with Crippen LogP contribution < -0.4 is 0 Å². The van der Waals surface area contributed by atoms with Crippen molar-refractivity contribution >= 4 is 29.2 Å². The van der Waals surface area contributed by atoms with Crippen molar-refractivity contribution < 1.29 is 14.3 Å². The summed E-state index contributed by atoms with van der Waals surface area (Å²) >= 11 is 6.17. The molecule has 0 spiro atoms. The van der Waals surface area contributed by atoms with E-state index in [1.807, 2.05) is 32.0 Å². The summed E-state index contributed by atoms with van der Waals surface area (Å²) in [5, 5.41) is 9.82. The van der Waals surface area contributed by atoms with Crippen molar-refractivity contribution in [3.8, 4) is 6.07 Å². The number of carbonyl (C=O) groups is 2. The van der Waals surface area contributed by atoms with Crippen LogP contribution in [0.15, 0.2) is 59.4 Å². The Kier molecular flexibility index (Phi) is 6.04. The summed E-state index contributed by atoms with van der Waals surface area (Å²) < 4.78 is 5.82. The lowest BCUT2D eigenvalue weighted by Crippen LogP contribution is -2.39. The molecule has 0 saturated heterocycles. The maximum absolute atomic E-state index is 12.4. The second kappa shape index (κ2) is 8.07. The molecule has 0 radical (unpaired) electrons. The molecule has 0 unspecified atom stereocenters. The highest BCUT2D eigenvalue weighted by Gasteiger charge is 2.33. The van der Waals surface area contributed by atoms with Gasteiger partial charge in [-0.1, -0.05) is 30.3 Å². The lowest BCUT2D eigenvalue weighted by molar-refractivity contribution is -0.138. The van der Waals surface area contributed by atoms with E-state index in [1.165, 1.54) is 13.1 Å². The molecule has 0 fully saturated rings. The van der Waals surface area contributed by atoms with E-state index in [1.54, 1.807) is 19.1 Å². The molecule has 1 heterocycles. The van der Waals surface area contributed by atoms with Crippen LogP contribution in [0.5, 0.6) is 0 Å². The number of nitrogens with zero attached hydrogens (tertiary/aromatic N) is 2. The number of halogens is 1. The smallest absolute Gasteiger partial charge is 0.271 e. The topological polar surface area (TPSA) is 70.4 Å². The Morgan fingerprint density at radius 2 is 1.96 bits per heavy atom. The molecule has 0 N–H and O–H groups in total. The van der Waals surface area contributed by atoms with Crippen molar-refractivity contribution in [3.63, 3.8) is 0 Å². The van der Waals surface area contributed by atoms with Crippen molar-refractivity contribution in [2.45, 2.75) is 20.8 Å². The van der Waals surface area contributed by atoms with E-state index in [0.29, 0.717) is 16.4 Å². The molecule has 1 aliphatic rings. The maximum atomic E-state index is 12.4. The van der Waals surface area contributed by atoms with Gasteiger partial charge in [0.2, 0.25) is 0 Å². The first-order valence-electron chi connectivity index (χ1n) is 8.16. The van der Waals surface area contributed by atoms with Crippen molar-refractivity contribution in [1.29, 1.82) is 5.26 Å². The summed E-state index contributed by atoms with van der Waals surface area (Å²) in [4.78, 5) is 25.3. The number of likely N-dealkylation sites (N-methyl/N-ethyl adjacent to an activating group) is 1. The third-order valence-electron chi connectivity index (χ3n) is 4.29. The van der Waals surface area contributed by atoms with Crippen LogP contribution in [0, 0.1) is 18.3 Å². The van der Waals surface area contributed by atoms with Gasteiger partial charge in [0.15, 0.2) is 0 Å². The first-order chi connectivity index (χ1) is 12.7. The molecule has 0 atom stereocenters. The van der Waals surface area contributed by atoms with Gasteiger partial charge in [-0.15, -0.1) is 0 Å². The minimum atomic E-state index is -0.618. The van der Waals surface area contributed by atoms with Gasteiger partial charge in [0.25, 0.3) is 11.8 Å². The minimum absolute atomic E-state index is 0.0758. The number of ether oxygens (including phenoxy) is 1. The van der Waals surface area contributed by atoms with E-state index >= 15 is 0 Å². The van der Waals surface area contributed by atoms with E-state index in [4.69, 9.17) is 16.3 Å². The fourth-order valence-corrected chi connectivity index (χ4v) is 2.85. The van der Waals surface area contributed by atoms with E-state index in [0.717, 1.165) is 16.0 Å². The second-order valence-electron chi connectivity index (χ2n) is 5.97. The highest BCUT2D eigenvalue weighted by Crippen LogP contribution is 2.29. The summed E-state index contributed by atoms with van der Waals surface area (Å²) in [5.41, 5.74) is 2.08. The quantitative estimate of drug-likeness (QED) is 0.442. The van der Waals surface area contributed by atoms with E-state index < -0.39 is 11.8 Å². The Balaban J connectivity index is 2.39. The Bertz CT molecular complexity index is 978. The van der Waals surface area contributed by atoms with Gasteiger partial charge in [0.05, 0.1) is 0 Å². The molecule has 27 heavy (non-hydrogen) atoms. The van der Waals surface area contributed by atoms with Crippen molar-refractivity contribution in [2.24, 2.45) is 0 Å². The Hall–Kier alpha value is -3.10. The number of allylic oxidation sites excluding steroid dienone is 2. The first kappa shape index (κ1) is 20.2. The summed E-state index contributed by atoms with van der Waals surface area (Å²) in [5.74, 6) is -0.397. The monoisotopic (exact) mass is 382 g/mol. The molecule has 1 aromatic rings. The van der Waals surface area contributed by atoms with Crippen LogP contribution in [0.25, 0.3) is 5.76 Å². The summed E-state index contributed by atoms with van der Waals surface area (Å²) in [6.45, 7) is 9.09. The molecular weight excluding hydrogens is 364 g/mol. The SMILES string of the molecule is C=C(/C=C1/C(=O)N(C)C(=O)C(C#N)=C1C)O/C(=C\C)c1cccc(Cl)c1C. The fraction of sp³-hybridized carbons (Fsp3) is 0.190. The molecule has 5 nitrogen and oxygen atoms in total. The number of hydrogen-bond donors (Lipinski definition) is 0. The second-order valence-corrected chi connectivity index (χ2v) is 6.38. The van der Waals surface area contributed by atoms with Gasteiger partial charge in [0.1, 0.15) is 23.2 Å². The van der Waals surface area contributed by atoms with Crippen LogP contribution in [0.2, 0.25) is 5.02 Å². The van der Waals surface area contributed by atoms with Gasteiger partial charge in [-0.25, -0.2) is 0 Å². The zero-order valence-corrected chi connectivity index (χ0v) is 16.3. The summed E-state index contributed by atoms with van der Waals surface area (Å²) in [6, 6.07) is 7.32. The van der Waals surface area contributed by atoms with E-state index in [-0.39, 0.29) is 16.9 Å². The van der Waals surface area contributed by atoms with Gasteiger partial charge < -0.3 is 4.74 Å². The highest BCUT2D eigenvalue weighted by atomic mass is 35.5. The largest absolute Gasteiger partial charge is 0.458 e. The van der Waals surface area contributed by atoms with Crippen LogP contribution in [0.3, 0.4) is 0 Å². The molecular formula is C21H19ClN2O3. The number of hydrogen-bond acceptors (Lipinski definition) is 4. The normalized spacial score (nSPS) is 16.7. The van der Waals surface area contributed by atoms with Crippen molar-refractivity contribution in [3.05, 3.63) is 75.6 Å². The molecule has 2 rings (SSSR count). The van der Waals surface area contributed by atoms with Gasteiger partial charge in [-0.2, -0.15) is 5.26 Å². The van der Waals surface area contributed by atoms with Crippen molar-refractivity contribution in [2.75, 3.05) is 7.05 Å². The number of imide groups is 1. The van der Waals surface area contributed by atoms with Crippen molar-refractivity contribution in [1.82, 2.24) is 4.90 Å². The third kappa shape index (κ3) is 3.86. The molecule has 0 bridgehead atoms. The minimum Gasteiger partial charge on any atom is -0.458 e. The van der Waals surface area contributed by atoms with Crippen LogP contribution in [-0.2, 0) is 14.3 Å². The fourth-order valence-electron chi connectivity index (χ4n) is 2.67. The van der Waals surface area contributed by atoms with E-state index in [9.17, 15) is 14.9 Å². The summed E-state index contributed by atoms with van der Waals surface area (Å²) in [6.07, 6.45) is 3.20. The lowest BCUT2D eigenvalue weighted by atomic mass is 9.95.